The number of nitrogens with two attached hydrogens (primary N) is 1. The second-order valence-corrected chi connectivity index (χ2v) is 7.43. The smallest absolute Gasteiger partial charge is 0.295 e. The summed E-state index contributed by atoms with van der Waals surface area (Å²) in [5.41, 5.74) is 6.03. The Labute approximate surface area is 165 Å². The molecule has 0 aromatic carbocycles. The van der Waals surface area contributed by atoms with Crippen molar-refractivity contribution in [1.82, 2.24) is 14.9 Å². The molecule has 152 valence electrons. The number of alkyl halides is 3. The lowest BCUT2D eigenvalue weighted by molar-refractivity contribution is 0.122. The molecule has 0 radical (unpaired) electrons. The first-order valence-corrected chi connectivity index (χ1v) is 10.1. The van der Waals surface area contributed by atoms with Crippen molar-refractivity contribution in [2.75, 3.05) is 18.8 Å². The van der Waals surface area contributed by atoms with E-state index in [0.29, 0.717) is 24.2 Å². The van der Waals surface area contributed by atoms with Crippen LogP contribution in [0.15, 0.2) is 22.6 Å². The third-order valence-electron chi connectivity index (χ3n) is 4.43. The van der Waals surface area contributed by atoms with Crippen LogP contribution in [0.2, 0.25) is 0 Å². The van der Waals surface area contributed by atoms with E-state index in [1.807, 2.05) is 19.9 Å². The van der Waals surface area contributed by atoms with Crippen molar-refractivity contribution in [3.8, 4) is 11.6 Å². The summed E-state index contributed by atoms with van der Waals surface area (Å²) in [5, 5.41) is 0.731. The number of aromatic nitrogens is 2. The molecular formula is C19H23F3N4OS. The number of rotatable bonds is 4. The Kier molecular flexibility index (Phi) is 6.56. The lowest BCUT2D eigenvalue weighted by Gasteiger charge is -2.27. The van der Waals surface area contributed by atoms with E-state index in [1.54, 1.807) is 0 Å². The summed E-state index contributed by atoms with van der Waals surface area (Å²) >= 11 is 1.47. The maximum absolute atomic E-state index is 13.3. The summed E-state index contributed by atoms with van der Waals surface area (Å²) in [4.78, 5) is 12.5. The van der Waals surface area contributed by atoms with E-state index in [9.17, 15) is 13.2 Å². The SMILES string of the molecule is CC.Nc1nc(-c2ccc(C(F)F)o2)nc2sc(CN3CCC(F)CC3)cc12. The van der Waals surface area contributed by atoms with Crippen LogP contribution in [-0.4, -0.2) is 34.1 Å². The number of fused-ring (bicyclic) bond motifs is 1. The van der Waals surface area contributed by atoms with Gasteiger partial charge in [0.25, 0.3) is 6.43 Å². The van der Waals surface area contributed by atoms with Crippen molar-refractivity contribution >= 4 is 27.4 Å². The van der Waals surface area contributed by atoms with Crippen LogP contribution in [0.1, 0.15) is 43.8 Å². The molecule has 0 unspecified atom stereocenters. The van der Waals surface area contributed by atoms with Gasteiger partial charge in [-0.25, -0.2) is 23.1 Å². The predicted molar refractivity (Wildman–Crippen MR) is 105 cm³/mol. The van der Waals surface area contributed by atoms with E-state index < -0.39 is 18.4 Å². The standard InChI is InChI=1S/C17H17F3N4OS.C2H6/c18-9-3-5-24(6-4-9)8-10-7-11-15(21)22-16(23-17(11)26-10)13-2-1-12(25-13)14(19)20;1-2/h1-2,7,9,14H,3-6,8H2,(H2,21,22,23);1-2H3. The van der Waals surface area contributed by atoms with Crippen LogP contribution in [-0.2, 0) is 6.54 Å². The lowest BCUT2D eigenvalue weighted by atomic mass is 10.1. The van der Waals surface area contributed by atoms with Gasteiger partial charge in [0.05, 0.1) is 5.39 Å². The molecule has 0 spiro atoms. The first-order chi connectivity index (χ1) is 13.5. The molecule has 0 amide bonds. The van der Waals surface area contributed by atoms with E-state index in [1.165, 1.54) is 23.5 Å². The number of halogens is 3. The van der Waals surface area contributed by atoms with Crippen molar-refractivity contribution in [2.45, 2.75) is 45.8 Å². The highest BCUT2D eigenvalue weighted by Crippen LogP contribution is 2.32. The van der Waals surface area contributed by atoms with Crippen LogP contribution in [0.25, 0.3) is 21.8 Å². The van der Waals surface area contributed by atoms with E-state index in [4.69, 9.17) is 10.2 Å². The van der Waals surface area contributed by atoms with Crippen molar-refractivity contribution in [1.29, 1.82) is 0 Å². The van der Waals surface area contributed by atoms with Gasteiger partial charge in [-0.05, 0) is 31.0 Å². The molecule has 3 aromatic rings. The summed E-state index contributed by atoms with van der Waals surface area (Å²) in [7, 11) is 0. The molecule has 0 atom stereocenters. The second-order valence-electron chi connectivity index (χ2n) is 6.32. The Morgan fingerprint density at radius 1 is 1.25 bits per heavy atom. The van der Waals surface area contributed by atoms with Gasteiger partial charge >= 0.3 is 0 Å². The van der Waals surface area contributed by atoms with Crippen LogP contribution in [0.5, 0.6) is 0 Å². The van der Waals surface area contributed by atoms with Gasteiger partial charge < -0.3 is 10.2 Å². The highest BCUT2D eigenvalue weighted by molar-refractivity contribution is 7.18. The Morgan fingerprint density at radius 2 is 1.96 bits per heavy atom. The summed E-state index contributed by atoms with van der Waals surface area (Å²) in [5.74, 6) is 0.206. The first-order valence-electron chi connectivity index (χ1n) is 9.30. The van der Waals surface area contributed by atoms with Crippen molar-refractivity contribution in [3.63, 3.8) is 0 Å². The van der Waals surface area contributed by atoms with Gasteiger partial charge in [0.15, 0.2) is 17.3 Å². The van der Waals surface area contributed by atoms with Gasteiger partial charge in [-0.3, -0.25) is 4.90 Å². The number of hydrogen-bond donors (Lipinski definition) is 1. The maximum atomic E-state index is 13.3. The molecule has 0 aliphatic carbocycles. The van der Waals surface area contributed by atoms with Crippen LogP contribution >= 0.6 is 11.3 Å². The summed E-state index contributed by atoms with van der Waals surface area (Å²) in [6.07, 6.45) is -2.28. The fraction of sp³-hybridized carbons (Fsp3) is 0.474. The molecule has 4 rings (SSSR count). The van der Waals surface area contributed by atoms with E-state index >= 15 is 0 Å². The van der Waals surface area contributed by atoms with Crippen LogP contribution in [0.3, 0.4) is 0 Å². The average molecular weight is 412 g/mol. The molecule has 2 N–H and O–H groups in total. The largest absolute Gasteiger partial charge is 0.452 e. The zero-order valence-electron chi connectivity index (χ0n) is 15.8. The molecular weight excluding hydrogens is 389 g/mol. The zero-order valence-corrected chi connectivity index (χ0v) is 16.6. The fourth-order valence-electron chi connectivity index (χ4n) is 3.05. The highest BCUT2D eigenvalue weighted by atomic mass is 32.1. The minimum atomic E-state index is -2.69. The normalized spacial score (nSPS) is 15.8. The molecule has 5 nitrogen and oxygen atoms in total. The molecule has 1 saturated heterocycles. The number of anilines is 1. The first kappa shape index (κ1) is 20.6. The van der Waals surface area contributed by atoms with Crippen molar-refractivity contribution in [2.24, 2.45) is 0 Å². The Morgan fingerprint density at radius 3 is 2.61 bits per heavy atom. The third kappa shape index (κ3) is 4.47. The Balaban J connectivity index is 0.00000109. The predicted octanol–water partition coefficient (Wildman–Crippen LogP) is 5.43. The van der Waals surface area contributed by atoms with Gasteiger partial charge in [-0.15, -0.1) is 11.3 Å². The van der Waals surface area contributed by atoms with E-state index in [0.717, 1.165) is 23.4 Å². The molecule has 4 heterocycles. The topological polar surface area (TPSA) is 68.2 Å². The molecule has 28 heavy (non-hydrogen) atoms. The summed E-state index contributed by atoms with van der Waals surface area (Å²) in [6.45, 7) is 6.16. The maximum Gasteiger partial charge on any atom is 0.295 e. The number of furan rings is 1. The monoisotopic (exact) mass is 412 g/mol. The van der Waals surface area contributed by atoms with E-state index in [-0.39, 0.29) is 17.4 Å². The second kappa shape index (κ2) is 8.91. The molecule has 0 saturated carbocycles. The number of nitrogens with zero attached hydrogens (tertiary/aromatic N) is 3. The molecule has 0 bridgehead atoms. The van der Waals surface area contributed by atoms with Crippen molar-refractivity contribution < 1.29 is 17.6 Å². The summed E-state index contributed by atoms with van der Waals surface area (Å²) < 4.78 is 43.7. The molecule has 1 aliphatic rings. The van der Waals surface area contributed by atoms with Crippen LogP contribution in [0.4, 0.5) is 19.0 Å². The minimum absolute atomic E-state index is 0.161. The Bertz CT molecular complexity index is 919. The fourth-order valence-corrected chi connectivity index (χ4v) is 4.13. The average Bonchev–Trinajstić information content (AvgIpc) is 3.32. The van der Waals surface area contributed by atoms with Gasteiger partial charge in [0.1, 0.15) is 16.8 Å². The number of nitrogen functional groups attached to an aromatic ring is 1. The quantitative estimate of drug-likeness (QED) is 0.619. The van der Waals surface area contributed by atoms with E-state index in [2.05, 4.69) is 14.9 Å². The van der Waals surface area contributed by atoms with Gasteiger partial charge in [-0.2, -0.15) is 0 Å². The lowest BCUT2D eigenvalue weighted by Crippen LogP contribution is -2.33. The number of hydrogen-bond acceptors (Lipinski definition) is 6. The van der Waals surface area contributed by atoms with Crippen LogP contribution in [0, 0.1) is 0 Å². The molecule has 3 aromatic heterocycles. The molecule has 1 fully saturated rings. The van der Waals surface area contributed by atoms with Gasteiger partial charge in [0, 0.05) is 24.5 Å². The van der Waals surface area contributed by atoms with Crippen molar-refractivity contribution in [3.05, 3.63) is 28.8 Å². The molecule has 1 aliphatic heterocycles. The van der Waals surface area contributed by atoms with Gasteiger partial charge in [0.2, 0.25) is 0 Å². The van der Waals surface area contributed by atoms with Crippen LogP contribution < -0.4 is 5.73 Å². The summed E-state index contributed by atoms with van der Waals surface area (Å²) in [6, 6.07) is 4.56. The molecule has 9 heteroatoms. The third-order valence-corrected chi connectivity index (χ3v) is 5.45. The zero-order chi connectivity index (χ0) is 20.3. The number of piperidine rings is 1. The minimum Gasteiger partial charge on any atom is -0.452 e. The van der Waals surface area contributed by atoms with Gasteiger partial charge in [-0.1, -0.05) is 13.8 Å². The number of thiophene rings is 1. The number of likely N-dealkylation sites (tertiary alicyclic amines) is 1. The highest BCUT2D eigenvalue weighted by Gasteiger charge is 2.20. The Hall–Kier alpha value is -2.13.